The highest BCUT2D eigenvalue weighted by Crippen LogP contribution is 2.30. The van der Waals surface area contributed by atoms with E-state index in [0.717, 1.165) is 17.7 Å². The van der Waals surface area contributed by atoms with Crippen LogP contribution in [0.2, 0.25) is 0 Å². The molecular weight excluding hydrogens is 305 g/mol. The van der Waals surface area contributed by atoms with Crippen LogP contribution in [0.1, 0.15) is 18.1 Å². The highest BCUT2D eigenvalue weighted by Gasteiger charge is 2.30. The molecule has 0 aliphatic heterocycles. The molecule has 1 atom stereocenters. The van der Waals surface area contributed by atoms with Gasteiger partial charge in [0.05, 0.1) is 5.56 Å². The maximum Gasteiger partial charge on any atom is 0.416 e. The summed E-state index contributed by atoms with van der Waals surface area (Å²) in [6.45, 7) is 1.97. The molecule has 3 nitrogen and oxygen atoms in total. The van der Waals surface area contributed by atoms with Crippen LogP contribution in [0.4, 0.5) is 18.9 Å². The lowest BCUT2D eigenvalue weighted by Crippen LogP contribution is -2.37. The molecule has 1 unspecified atom stereocenters. The third-order valence-corrected chi connectivity index (χ3v) is 3.28. The normalized spacial score (nSPS) is 12.5. The second-order valence-corrected chi connectivity index (χ2v) is 5.15. The molecule has 2 aromatic carbocycles. The smallest absolute Gasteiger partial charge is 0.374 e. The fourth-order valence-electron chi connectivity index (χ4n) is 2.04. The van der Waals surface area contributed by atoms with Gasteiger partial charge in [-0.05, 0) is 30.7 Å². The molecular formula is C17H17F3N2O. The van der Waals surface area contributed by atoms with Crippen LogP contribution in [0.5, 0.6) is 0 Å². The summed E-state index contributed by atoms with van der Waals surface area (Å²) in [6, 6.07) is 13.5. The number of hydrogen-bond donors (Lipinski definition) is 2. The van der Waals surface area contributed by atoms with Crippen molar-refractivity contribution in [3.8, 4) is 0 Å². The summed E-state index contributed by atoms with van der Waals surface area (Å²) < 4.78 is 38.0. The first-order valence-electron chi connectivity index (χ1n) is 7.11. The minimum atomic E-state index is -4.41. The zero-order chi connectivity index (χ0) is 16.9. The van der Waals surface area contributed by atoms with Crippen molar-refractivity contribution in [3.63, 3.8) is 0 Å². The predicted octanol–water partition coefficient (Wildman–Crippen LogP) is 3.82. The topological polar surface area (TPSA) is 41.1 Å². The minimum absolute atomic E-state index is 0.252. The highest BCUT2D eigenvalue weighted by molar-refractivity contribution is 5.84. The van der Waals surface area contributed by atoms with Crippen LogP contribution in [0.25, 0.3) is 0 Å². The molecule has 0 aliphatic rings. The lowest BCUT2D eigenvalue weighted by molar-refractivity contribution is -0.137. The number of carbonyl (C=O) groups excluding carboxylic acids is 1. The summed E-state index contributed by atoms with van der Waals surface area (Å²) in [5.74, 6) is -0.286. The molecule has 0 aliphatic carbocycles. The number of rotatable bonds is 5. The average molecular weight is 322 g/mol. The van der Waals surface area contributed by atoms with Crippen LogP contribution < -0.4 is 10.6 Å². The Kier molecular flexibility index (Phi) is 5.26. The van der Waals surface area contributed by atoms with Crippen LogP contribution in [-0.2, 0) is 17.5 Å². The van der Waals surface area contributed by atoms with Gasteiger partial charge in [0.1, 0.15) is 6.04 Å². The summed E-state index contributed by atoms with van der Waals surface area (Å²) in [7, 11) is 0. The molecule has 2 N–H and O–H groups in total. The lowest BCUT2D eigenvalue weighted by Gasteiger charge is -2.16. The molecule has 2 aromatic rings. The number of carbonyl (C=O) groups is 1. The van der Waals surface area contributed by atoms with Gasteiger partial charge >= 0.3 is 6.18 Å². The van der Waals surface area contributed by atoms with Crippen molar-refractivity contribution in [1.82, 2.24) is 5.32 Å². The van der Waals surface area contributed by atoms with Crippen molar-refractivity contribution >= 4 is 11.6 Å². The van der Waals surface area contributed by atoms with Gasteiger partial charge in [-0.3, -0.25) is 4.79 Å². The predicted molar refractivity (Wildman–Crippen MR) is 82.8 cm³/mol. The summed E-state index contributed by atoms with van der Waals surface area (Å²) >= 11 is 0. The van der Waals surface area contributed by atoms with Crippen molar-refractivity contribution in [2.24, 2.45) is 0 Å². The molecule has 23 heavy (non-hydrogen) atoms. The van der Waals surface area contributed by atoms with Crippen LogP contribution in [0, 0.1) is 0 Å². The van der Waals surface area contributed by atoms with Crippen molar-refractivity contribution in [2.75, 3.05) is 5.32 Å². The van der Waals surface area contributed by atoms with E-state index in [2.05, 4.69) is 10.6 Å². The molecule has 0 bridgehead atoms. The van der Waals surface area contributed by atoms with Gasteiger partial charge in [0, 0.05) is 12.2 Å². The van der Waals surface area contributed by atoms with Gasteiger partial charge in [-0.2, -0.15) is 13.2 Å². The van der Waals surface area contributed by atoms with Gasteiger partial charge in [0.25, 0.3) is 0 Å². The standard InChI is InChI=1S/C17H17F3N2O/c1-12(16(23)21-11-13-6-3-2-4-7-13)22-15-9-5-8-14(10-15)17(18,19)20/h2-10,12,22H,11H2,1H3,(H,21,23). The summed E-state index contributed by atoms with van der Waals surface area (Å²) in [5.41, 5.74) is 0.452. The molecule has 0 fully saturated rings. The number of anilines is 1. The van der Waals surface area contributed by atoms with Crippen molar-refractivity contribution in [3.05, 3.63) is 65.7 Å². The van der Waals surface area contributed by atoms with E-state index in [1.165, 1.54) is 12.1 Å². The molecule has 0 heterocycles. The highest BCUT2D eigenvalue weighted by atomic mass is 19.4. The van der Waals surface area contributed by atoms with E-state index in [9.17, 15) is 18.0 Å². The van der Waals surface area contributed by atoms with Crippen molar-refractivity contribution in [2.45, 2.75) is 25.7 Å². The number of halogens is 3. The monoisotopic (exact) mass is 322 g/mol. The minimum Gasteiger partial charge on any atom is -0.374 e. The van der Waals surface area contributed by atoms with E-state index in [4.69, 9.17) is 0 Å². The fourth-order valence-corrected chi connectivity index (χ4v) is 2.04. The molecule has 0 aromatic heterocycles. The summed E-state index contributed by atoms with van der Waals surface area (Å²) in [4.78, 5) is 12.0. The van der Waals surface area contributed by atoms with E-state index >= 15 is 0 Å². The Hall–Kier alpha value is -2.50. The van der Waals surface area contributed by atoms with Crippen LogP contribution in [0.3, 0.4) is 0 Å². The van der Waals surface area contributed by atoms with E-state index in [0.29, 0.717) is 6.54 Å². The SMILES string of the molecule is CC(Nc1cccc(C(F)(F)F)c1)C(=O)NCc1ccccc1. The number of hydrogen-bond acceptors (Lipinski definition) is 2. The average Bonchev–Trinajstić information content (AvgIpc) is 2.53. The zero-order valence-electron chi connectivity index (χ0n) is 12.5. The summed E-state index contributed by atoms with van der Waals surface area (Å²) in [6.07, 6.45) is -4.41. The van der Waals surface area contributed by atoms with Gasteiger partial charge in [0.2, 0.25) is 5.91 Å². The zero-order valence-corrected chi connectivity index (χ0v) is 12.5. The molecule has 122 valence electrons. The van der Waals surface area contributed by atoms with E-state index in [-0.39, 0.29) is 11.6 Å². The van der Waals surface area contributed by atoms with Crippen molar-refractivity contribution in [1.29, 1.82) is 0 Å². The summed E-state index contributed by atoms with van der Waals surface area (Å²) in [5, 5.41) is 5.52. The molecule has 0 saturated carbocycles. The maximum atomic E-state index is 12.7. The largest absolute Gasteiger partial charge is 0.416 e. The van der Waals surface area contributed by atoms with E-state index < -0.39 is 17.8 Å². The molecule has 0 saturated heterocycles. The van der Waals surface area contributed by atoms with Gasteiger partial charge in [-0.1, -0.05) is 36.4 Å². The number of benzene rings is 2. The Balaban J connectivity index is 1.93. The first-order valence-corrected chi connectivity index (χ1v) is 7.11. The quantitative estimate of drug-likeness (QED) is 0.878. The number of amides is 1. The number of alkyl halides is 3. The third-order valence-electron chi connectivity index (χ3n) is 3.28. The second-order valence-electron chi connectivity index (χ2n) is 5.15. The van der Waals surface area contributed by atoms with Gasteiger partial charge in [-0.25, -0.2) is 0 Å². The Morgan fingerprint density at radius 1 is 1.09 bits per heavy atom. The fraction of sp³-hybridized carbons (Fsp3) is 0.235. The Labute approximate surface area is 132 Å². The Morgan fingerprint density at radius 2 is 1.78 bits per heavy atom. The van der Waals surface area contributed by atoms with Crippen LogP contribution in [-0.4, -0.2) is 11.9 Å². The molecule has 1 amide bonds. The Bertz CT molecular complexity index is 656. The lowest BCUT2D eigenvalue weighted by atomic mass is 10.1. The molecule has 0 spiro atoms. The second kappa shape index (κ2) is 7.17. The van der Waals surface area contributed by atoms with Gasteiger partial charge < -0.3 is 10.6 Å². The van der Waals surface area contributed by atoms with Gasteiger partial charge in [0.15, 0.2) is 0 Å². The Morgan fingerprint density at radius 3 is 2.43 bits per heavy atom. The van der Waals surface area contributed by atoms with Crippen LogP contribution in [0.15, 0.2) is 54.6 Å². The number of nitrogens with one attached hydrogen (secondary N) is 2. The van der Waals surface area contributed by atoms with Gasteiger partial charge in [-0.15, -0.1) is 0 Å². The third kappa shape index (κ3) is 5.02. The first kappa shape index (κ1) is 16.9. The van der Waals surface area contributed by atoms with E-state index in [1.807, 2.05) is 30.3 Å². The van der Waals surface area contributed by atoms with Crippen molar-refractivity contribution < 1.29 is 18.0 Å². The maximum absolute atomic E-state index is 12.7. The van der Waals surface area contributed by atoms with Crippen LogP contribution >= 0.6 is 0 Å². The molecule has 0 radical (unpaired) electrons. The van der Waals surface area contributed by atoms with E-state index in [1.54, 1.807) is 6.92 Å². The molecule has 6 heteroatoms. The molecule has 2 rings (SSSR count). The first-order chi connectivity index (χ1) is 10.9.